The molecule has 1 heterocycles. The number of carbonyl (C=O) groups is 1. The molecule has 0 amide bonds. The van der Waals surface area contributed by atoms with Crippen LogP contribution < -0.4 is 4.74 Å². The minimum absolute atomic E-state index is 0.108. The maximum absolute atomic E-state index is 10.7. The van der Waals surface area contributed by atoms with E-state index in [0.29, 0.717) is 28.6 Å². The topological polar surface area (TPSA) is 72.3 Å². The maximum atomic E-state index is 10.7. The van der Waals surface area contributed by atoms with Crippen molar-refractivity contribution >= 4 is 17.6 Å². The van der Waals surface area contributed by atoms with Crippen molar-refractivity contribution in [3.05, 3.63) is 41.3 Å². The van der Waals surface area contributed by atoms with Crippen LogP contribution in [0.15, 0.2) is 30.6 Å². The van der Waals surface area contributed by atoms with Gasteiger partial charge in [-0.05, 0) is 25.1 Å². The molecule has 0 atom stereocenters. The van der Waals surface area contributed by atoms with E-state index in [9.17, 15) is 4.79 Å². The fourth-order valence-corrected chi connectivity index (χ4v) is 1.73. The van der Waals surface area contributed by atoms with E-state index in [-0.39, 0.29) is 5.69 Å². The number of benzene rings is 1. The summed E-state index contributed by atoms with van der Waals surface area (Å²) in [5, 5.41) is 9.32. The Labute approximate surface area is 114 Å². The van der Waals surface area contributed by atoms with E-state index in [1.54, 1.807) is 18.2 Å². The summed E-state index contributed by atoms with van der Waals surface area (Å²) in [6, 6.07) is 5.17. The van der Waals surface area contributed by atoms with Crippen molar-refractivity contribution in [3.63, 3.8) is 0 Å². The van der Waals surface area contributed by atoms with E-state index in [1.807, 2.05) is 6.92 Å². The molecule has 0 unspecified atom stereocenters. The zero-order valence-electron chi connectivity index (χ0n) is 10.1. The molecule has 0 aliphatic heterocycles. The van der Waals surface area contributed by atoms with Crippen molar-refractivity contribution in [1.29, 1.82) is 0 Å². The van der Waals surface area contributed by atoms with Gasteiger partial charge in [0.1, 0.15) is 5.75 Å². The number of aromatic carboxylic acids is 1. The molecule has 2 aromatic rings. The minimum atomic E-state index is -1.12. The Morgan fingerprint density at radius 2 is 2.16 bits per heavy atom. The predicted octanol–water partition coefficient (Wildman–Crippen LogP) is 2.89. The lowest BCUT2D eigenvalue weighted by molar-refractivity contribution is 0.0690. The molecular weight excluding hydrogens is 268 g/mol. The number of nitrogens with zero attached hydrogens (tertiary/aromatic N) is 2. The third-order valence-corrected chi connectivity index (χ3v) is 2.62. The monoisotopic (exact) mass is 278 g/mol. The van der Waals surface area contributed by atoms with Gasteiger partial charge < -0.3 is 9.84 Å². The number of carboxylic acid groups (broad SMARTS) is 1. The normalized spacial score (nSPS) is 10.2. The Balaban J connectivity index is 2.45. The first-order valence-corrected chi connectivity index (χ1v) is 5.97. The van der Waals surface area contributed by atoms with Crippen LogP contribution in [0, 0.1) is 0 Å². The Hall–Kier alpha value is -2.14. The zero-order valence-corrected chi connectivity index (χ0v) is 10.9. The Bertz CT molecular complexity index is 599. The largest absolute Gasteiger partial charge is 0.493 e. The number of hydrogen-bond donors (Lipinski definition) is 1. The van der Waals surface area contributed by atoms with Crippen LogP contribution in [0.4, 0.5) is 0 Å². The zero-order chi connectivity index (χ0) is 13.8. The molecule has 2 rings (SSSR count). The van der Waals surface area contributed by atoms with Crippen LogP contribution in [-0.4, -0.2) is 27.7 Å². The second kappa shape index (κ2) is 5.67. The molecule has 0 saturated carbocycles. The van der Waals surface area contributed by atoms with Gasteiger partial charge in [-0.25, -0.2) is 9.78 Å². The third-order valence-electron chi connectivity index (χ3n) is 2.39. The quantitative estimate of drug-likeness (QED) is 0.931. The van der Waals surface area contributed by atoms with E-state index >= 15 is 0 Å². The van der Waals surface area contributed by atoms with Gasteiger partial charge in [0, 0.05) is 10.6 Å². The van der Waals surface area contributed by atoms with Crippen LogP contribution >= 0.6 is 11.6 Å². The number of rotatable bonds is 4. The summed E-state index contributed by atoms with van der Waals surface area (Å²) < 4.78 is 5.48. The lowest BCUT2D eigenvalue weighted by Gasteiger charge is -2.09. The van der Waals surface area contributed by atoms with Gasteiger partial charge in [0.2, 0.25) is 0 Å². The first-order chi connectivity index (χ1) is 9.11. The average molecular weight is 279 g/mol. The molecule has 1 aromatic heterocycles. The van der Waals surface area contributed by atoms with Crippen LogP contribution in [0.25, 0.3) is 11.3 Å². The van der Waals surface area contributed by atoms with E-state index in [2.05, 4.69) is 9.97 Å². The average Bonchev–Trinajstić information content (AvgIpc) is 2.41. The van der Waals surface area contributed by atoms with Crippen LogP contribution in [0.2, 0.25) is 5.02 Å². The van der Waals surface area contributed by atoms with Gasteiger partial charge in [0.05, 0.1) is 24.7 Å². The van der Waals surface area contributed by atoms with Gasteiger partial charge in [-0.3, -0.25) is 4.98 Å². The van der Waals surface area contributed by atoms with Crippen molar-refractivity contribution in [2.24, 2.45) is 0 Å². The van der Waals surface area contributed by atoms with Crippen molar-refractivity contribution in [2.45, 2.75) is 6.92 Å². The number of carboxylic acids is 1. The Kier molecular flexibility index (Phi) is 3.97. The molecule has 19 heavy (non-hydrogen) atoms. The summed E-state index contributed by atoms with van der Waals surface area (Å²) in [7, 11) is 0. The van der Waals surface area contributed by atoms with Crippen molar-refractivity contribution in [3.8, 4) is 17.0 Å². The van der Waals surface area contributed by atoms with Gasteiger partial charge in [0.15, 0.2) is 5.69 Å². The highest BCUT2D eigenvalue weighted by Crippen LogP contribution is 2.31. The summed E-state index contributed by atoms with van der Waals surface area (Å²) >= 11 is 5.95. The summed E-state index contributed by atoms with van der Waals surface area (Å²) in [6.07, 6.45) is 2.59. The molecule has 0 fully saturated rings. The maximum Gasteiger partial charge on any atom is 0.356 e. The summed E-state index contributed by atoms with van der Waals surface area (Å²) in [5.74, 6) is -0.487. The van der Waals surface area contributed by atoms with Crippen molar-refractivity contribution in [2.75, 3.05) is 6.61 Å². The molecule has 98 valence electrons. The van der Waals surface area contributed by atoms with Gasteiger partial charge in [0.25, 0.3) is 0 Å². The molecule has 5 nitrogen and oxygen atoms in total. The highest BCUT2D eigenvalue weighted by atomic mass is 35.5. The second-order valence-electron chi connectivity index (χ2n) is 3.67. The highest BCUT2D eigenvalue weighted by Gasteiger charge is 2.11. The minimum Gasteiger partial charge on any atom is -0.493 e. The molecule has 0 bridgehead atoms. The van der Waals surface area contributed by atoms with Crippen LogP contribution in [0.5, 0.6) is 5.75 Å². The SMILES string of the molecule is CCOc1ccc(Cl)cc1-c1cnc(C(=O)O)cn1. The fraction of sp³-hybridized carbons (Fsp3) is 0.154. The van der Waals surface area contributed by atoms with Crippen molar-refractivity contribution < 1.29 is 14.6 Å². The van der Waals surface area contributed by atoms with E-state index in [4.69, 9.17) is 21.4 Å². The molecule has 0 aliphatic rings. The Morgan fingerprint density at radius 1 is 1.37 bits per heavy atom. The van der Waals surface area contributed by atoms with Crippen LogP contribution in [0.3, 0.4) is 0 Å². The fourth-order valence-electron chi connectivity index (χ4n) is 1.56. The third kappa shape index (κ3) is 3.00. The number of hydrogen-bond acceptors (Lipinski definition) is 4. The van der Waals surface area contributed by atoms with Crippen LogP contribution in [0.1, 0.15) is 17.4 Å². The number of aromatic nitrogens is 2. The molecule has 0 saturated heterocycles. The molecule has 1 aromatic carbocycles. The van der Waals surface area contributed by atoms with Gasteiger partial charge >= 0.3 is 5.97 Å². The molecule has 0 radical (unpaired) electrons. The summed E-state index contributed by atoms with van der Waals surface area (Å²) in [4.78, 5) is 18.6. The second-order valence-corrected chi connectivity index (χ2v) is 4.10. The van der Waals surface area contributed by atoms with Crippen LogP contribution in [-0.2, 0) is 0 Å². The lowest BCUT2D eigenvalue weighted by Crippen LogP contribution is -2.02. The molecular formula is C13H11ClN2O3. The highest BCUT2D eigenvalue weighted by molar-refractivity contribution is 6.30. The van der Waals surface area contributed by atoms with Gasteiger partial charge in [-0.2, -0.15) is 0 Å². The number of ether oxygens (including phenoxy) is 1. The summed E-state index contributed by atoms with van der Waals surface area (Å²) in [5.41, 5.74) is 1.08. The standard InChI is InChI=1S/C13H11ClN2O3/c1-2-19-12-4-3-8(14)5-9(12)10-6-16-11(7-15-10)13(17)18/h3-7H,2H2,1H3,(H,17,18). The first-order valence-electron chi connectivity index (χ1n) is 5.60. The predicted molar refractivity (Wildman–Crippen MR) is 70.6 cm³/mol. The van der Waals surface area contributed by atoms with E-state index in [0.717, 1.165) is 0 Å². The van der Waals surface area contributed by atoms with Gasteiger partial charge in [-0.15, -0.1) is 0 Å². The van der Waals surface area contributed by atoms with Gasteiger partial charge in [-0.1, -0.05) is 11.6 Å². The molecule has 1 N–H and O–H groups in total. The molecule has 6 heteroatoms. The summed E-state index contributed by atoms with van der Waals surface area (Å²) in [6.45, 7) is 2.38. The molecule has 0 aliphatic carbocycles. The van der Waals surface area contributed by atoms with E-state index in [1.165, 1.54) is 12.4 Å². The lowest BCUT2D eigenvalue weighted by atomic mass is 10.1. The van der Waals surface area contributed by atoms with Crippen molar-refractivity contribution in [1.82, 2.24) is 9.97 Å². The Morgan fingerprint density at radius 3 is 2.74 bits per heavy atom. The number of halogens is 1. The first kappa shape index (κ1) is 13.3. The van der Waals surface area contributed by atoms with E-state index < -0.39 is 5.97 Å². The smallest absolute Gasteiger partial charge is 0.356 e. The molecule has 0 spiro atoms.